The van der Waals surface area contributed by atoms with E-state index in [9.17, 15) is 8.42 Å². The highest BCUT2D eigenvalue weighted by Crippen LogP contribution is 2.34. The predicted molar refractivity (Wildman–Crippen MR) is 73.2 cm³/mol. The third-order valence-electron chi connectivity index (χ3n) is 3.38. The molecule has 6 heteroatoms. The van der Waals surface area contributed by atoms with Gasteiger partial charge in [0.25, 0.3) is 10.0 Å². The Morgan fingerprint density at radius 2 is 2.16 bits per heavy atom. The van der Waals surface area contributed by atoms with Gasteiger partial charge in [0.2, 0.25) is 5.09 Å². The first-order valence-corrected chi connectivity index (χ1v) is 8.37. The summed E-state index contributed by atoms with van der Waals surface area (Å²) in [5.41, 5.74) is 0. The molecule has 1 aliphatic carbocycles. The van der Waals surface area contributed by atoms with Crippen molar-refractivity contribution in [2.75, 3.05) is 6.54 Å². The minimum absolute atomic E-state index is 0.0163. The maximum Gasteiger partial charge on any atom is 0.274 e. The van der Waals surface area contributed by atoms with Crippen LogP contribution in [0.25, 0.3) is 0 Å². The molecule has 1 aromatic heterocycles. The molecule has 0 spiro atoms. The zero-order chi connectivity index (χ0) is 13.9. The van der Waals surface area contributed by atoms with Gasteiger partial charge in [-0.15, -0.1) is 0 Å². The lowest BCUT2D eigenvalue weighted by molar-refractivity contribution is 0.399. The van der Waals surface area contributed by atoms with Crippen LogP contribution in [0.5, 0.6) is 0 Å². The lowest BCUT2D eigenvalue weighted by Crippen LogP contribution is -2.26. The van der Waals surface area contributed by atoms with Crippen LogP contribution in [0.2, 0.25) is 0 Å². The normalized spacial score (nSPS) is 22.6. The van der Waals surface area contributed by atoms with Gasteiger partial charge >= 0.3 is 0 Å². The third kappa shape index (κ3) is 3.81. The van der Waals surface area contributed by atoms with Crippen LogP contribution >= 0.6 is 0 Å². The van der Waals surface area contributed by atoms with Crippen LogP contribution in [0.4, 0.5) is 0 Å². The Bertz CT molecular complexity index is 510. The second-order valence-electron chi connectivity index (χ2n) is 5.03. The van der Waals surface area contributed by atoms with Crippen molar-refractivity contribution in [1.82, 2.24) is 10.0 Å². The van der Waals surface area contributed by atoms with Gasteiger partial charge in [0.05, 0.1) is 6.54 Å². The highest BCUT2D eigenvalue weighted by atomic mass is 32.2. The number of hydrogen-bond donors (Lipinski definition) is 2. The Kier molecular flexibility index (Phi) is 4.65. The number of hydrogen-bond acceptors (Lipinski definition) is 4. The Morgan fingerprint density at radius 1 is 1.37 bits per heavy atom. The van der Waals surface area contributed by atoms with Crippen LogP contribution < -0.4 is 10.0 Å². The summed E-state index contributed by atoms with van der Waals surface area (Å²) in [6, 6.07) is 3.32. The van der Waals surface area contributed by atoms with Crippen LogP contribution in [-0.2, 0) is 16.6 Å². The molecule has 1 heterocycles. The quantitative estimate of drug-likeness (QED) is 0.716. The summed E-state index contributed by atoms with van der Waals surface area (Å²) in [4.78, 5) is 0. The largest absolute Gasteiger partial charge is 0.447 e. The fraction of sp³-hybridized carbons (Fsp3) is 0.692. The van der Waals surface area contributed by atoms with Gasteiger partial charge in [0.1, 0.15) is 5.76 Å². The fourth-order valence-electron chi connectivity index (χ4n) is 2.09. The predicted octanol–water partition coefficient (Wildman–Crippen LogP) is 1.86. The van der Waals surface area contributed by atoms with Crippen molar-refractivity contribution in [3.8, 4) is 0 Å². The molecule has 0 aromatic carbocycles. The average Bonchev–Trinajstić information content (AvgIpc) is 2.92. The molecule has 2 atom stereocenters. The smallest absolute Gasteiger partial charge is 0.274 e. The van der Waals surface area contributed by atoms with E-state index in [-0.39, 0.29) is 11.1 Å². The Hall–Kier alpha value is -0.850. The summed E-state index contributed by atoms with van der Waals surface area (Å²) >= 11 is 0. The molecule has 2 rings (SSSR count). The molecule has 2 unspecified atom stereocenters. The number of furan rings is 1. The zero-order valence-corrected chi connectivity index (χ0v) is 12.3. The van der Waals surface area contributed by atoms with Crippen molar-refractivity contribution in [2.24, 2.45) is 5.92 Å². The van der Waals surface area contributed by atoms with Crippen LogP contribution in [0.1, 0.15) is 38.9 Å². The monoisotopic (exact) mass is 286 g/mol. The van der Waals surface area contributed by atoms with E-state index in [0.29, 0.717) is 18.2 Å². The van der Waals surface area contributed by atoms with E-state index in [1.807, 2.05) is 0 Å². The minimum Gasteiger partial charge on any atom is -0.447 e. The van der Waals surface area contributed by atoms with E-state index in [4.69, 9.17) is 4.42 Å². The van der Waals surface area contributed by atoms with Crippen molar-refractivity contribution >= 4 is 10.0 Å². The highest BCUT2D eigenvalue weighted by Gasteiger charge is 2.39. The van der Waals surface area contributed by atoms with E-state index in [2.05, 4.69) is 23.9 Å². The average molecular weight is 286 g/mol. The number of sulfonamides is 1. The summed E-state index contributed by atoms with van der Waals surface area (Å²) in [5, 5.41) is 3.19. The van der Waals surface area contributed by atoms with Crippen molar-refractivity contribution in [1.29, 1.82) is 0 Å². The van der Waals surface area contributed by atoms with Gasteiger partial charge in [-0.05, 0) is 37.4 Å². The fourth-order valence-corrected chi connectivity index (χ4v) is 3.35. The summed E-state index contributed by atoms with van der Waals surface area (Å²) < 4.78 is 32.2. The zero-order valence-electron chi connectivity index (χ0n) is 11.5. The number of rotatable bonds is 8. The van der Waals surface area contributed by atoms with E-state index >= 15 is 0 Å². The van der Waals surface area contributed by atoms with Crippen molar-refractivity contribution < 1.29 is 12.8 Å². The molecule has 0 radical (unpaired) electrons. The minimum atomic E-state index is -3.49. The van der Waals surface area contributed by atoms with Crippen LogP contribution in [0.3, 0.4) is 0 Å². The molecule has 2 N–H and O–H groups in total. The van der Waals surface area contributed by atoms with Crippen LogP contribution in [-0.4, -0.2) is 21.0 Å². The lowest BCUT2D eigenvalue weighted by atomic mass is 10.3. The number of nitrogens with one attached hydrogen (secondary N) is 2. The molecule has 5 nitrogen and oxygen atoms in total. The van der Waals surface area contributed by atoms with E-state index in [0.717, 1.165) is 25.8 Å². The van der Waals surface area contributed by atoms with Gasteiger partial charge in [-0.1, -0.05) is 20.3 Å². The molecule has 0 amide bonds. The maximum atomic E-state index is 12.1. The molecule has 1 saturated carbocycles. The summed E-state index contributed by atoms with van der Waals surface area (Å²) in [5.74, 6) is 1.13. The standard InChI is InChI=1S/C13H22N2O3S/c1-3-7-14-9-11-5-6-13(18-11)19(16,17)15-12-8-10(12)4-2/h5-6,10,12,14-15H,3-4,7-9H2,1-2H3. The van der Waals surface area contributed by atoms with E-state index in [1.165, 1.54) is 6.07 Å². The molecule has 1 fully saturated rings. The van der Waals surface area contributed by atoms with E-state index in [1.54, 1.807) is 6.07 Å². The van der Waals surface area contributed by atoms with E-state index < -0.39 is 10.0 Å². The molecular weight excluding hydrogens is 264 g/mol. The highest BCUT2D eigenvalue weighted by molar-refractivity contribution is 7.89. The Balaban J connectivity index is 1.93. The summed E-state index contributed by atoms with van der Waals surface area (Å²) in [6.45, 7) is 5.60. The first kappa shape index (κ1) is 14.6. The molecule has 19 heavy (non-hydrogen) atoms. The van der Waals surface area contributed by atoms with Crippen molar-refractivity contribution in [2.45, 2.75) is 50.8 Å². The molecule has 108 valence electrons. The van der Waals surface area contributed by atoms with Gasteiger partial charge in [-0.3, -0.25) is 0 Å². The molecule has 1 aromatic rings. The SMILES string of the molecule is CCCNCc1ccc(S(=O)(=O)NC2CC2CC)o1. The molecule has 0 saturated heterocycles. The Morgan fingerprint density at radius 3 is 2.79 bits per heavy atom. The molecule has 1 aliphatic rings. The third-order valence-corrected chi connectivity index (χ3v) is 4.74. The van der Waals surface area contributed by atoms with Gasteiger partial charge in [0.15, 0.2) is 0 Å². The van der Waals surface area contributed by atoms with Crippen molar-refractivity contribution in [3.63, 3.8) is 0 Å². The van der Waals surface area contributed by atoms with Crippen LogP contribution in [0, 0.1) is 5.92 Å². The van der Waals surface area contributed by atoms with Gasteiger partial charge < -0.3 is 9.73 Å². The molecule has 0 bridgehead atoms. The van der Waals surface area contributed by atoms with Crippen molar-refractivity contribution in [3.05, 3.63) is 17.9 Å². The van der Waals surface area contributed by atoms with Crippen LogP contribution in [0.15, 0.2) is 21.6 Å². The first-order chi connectivity index (χ1) is 9.06. The summed E-state index contributed by atoms with van der Waals surface area (Å²) in [6.07, 6.45) is 2.98. The maximum absolute atomic E-state index is 12.1. The molecular formula is C13H22N2O3S. The van der Waals surface area contributed by atoms with Gasteiger partial charge in [0, 0.05) is 6.04 Å². The van der Waals surface area contributed by atoms with Gasteiger partial charge in [-0.25, -0.2) is 13.1 Å². The first-order valence-electron chi connectivity index (χ1n) is 6.88. The second kappa shape index (κ2) is 6.07. The summed E-state index contributed by atoms with van der Waals surface area (Å²) in [7, 11) is -3.49. The Labute approximate surface area is 114 Å². The second-order valence-corrected chi connectivity index (χ2v) is 6.67. The topological polar surface area (TPSA) is 71.3 Å². The lowest BCUT2D eigenvalue weighted by Gasteiger charge is -2.03. The van der Waals surface area contributed by atoms with Gasteiger partial charge in [-0.2, -0.15) is 0 Å². The molecule has 0 aliphatic heterocycles.